The first-order valence-electron chi connectivity index (χ1n) is 7.14. The zero-order valence-corrected chi connectivity index (χ0v) is 13.2. The summed E-state index contributed by atoms with van der Waals surface area (Å²) in [5.74, 6) is -0.384. The minimum Gasteiger partial charge on any atom is -0.466 e. The molecule has 1 unspecified atom stereocenters. The van der Waals surface area contributed by atoms with E-state index in [-0.39, 0.29) is 11.9 Å². The summed E-state index contributed by atoms with van der Waals surface area (Å²) in [6.07, 6.45) is 2.84. The number of hydrogen-bond donors (Lipinski definition) is 0. The average molecular weight is 311 g/mol. The summed E-state index contributed by atoms with van der Waals surface area (Å²) >= 11 is 0. The number of para-hydroxylation sites is 1. The van der Waals surface area contributed by atoms with Crippen LogP contribution in [0.4, 0.5) is 5.69 Å². The van der Waals surface area contributed by atoms with E-state index in [1.165, 1.54) is 6.26 Å². The normalized spacial score (nSPS) is 19.3. The van der Waals surface area contributed by atoms with Gasteiger partial charge in [0, 0.05) is 19.3 Å². The second-order valence-corrected chi connectivity index (χ2v) is 7.26. The first-order chi connectivity index (χ1) is 9.93. The molecule has 1 fully saturated rings. The van der Waals surface area contributed by atoms with Gasteiger partial charge in [0.1, 0.15) is 0 Å². The van der Waals surface area contributed by atoms with E-state index in [9.17, 15) is 13.2 Å². The first kappa shape index (κ1) is 15.8. The van der Waals surface area contributed by atoms with Crippen LogP contribution in [-0.2, 0) is 19.4 Å². The summed E-state index contributed by atoms with van der Waals surface area (Å²) in [5.41, 5.74) is 0.675. The van der Waals surface area contributed by atoms with E-state index in [0.717, 1.165) is 19.4 Å². The lowest BCUT2D eigenvalue weighted by Gasteiger charge is -2.34. The van der Waals surface area contributed by atoms with Gasteiger partial charge in [-0.25, -0.2) is 8.42 Å². The van der Waals surface area contributed by atoms with Crippen molar-refractivity contribution in [1.29, 1.82) is 0 Å². The van der Waals surface area contributed by atoms with Gasteiger partial charge >= 0.3 is 5.97 Å². The van der Waals surface area contributed by atoms with Crippen molar-refractivity contribution in [2.75, 3.05) is 30.9 Å². The van der Waals surface area contributed by atoms with Crippen LogP contribution in [0.3, 0.4) is 0 Å². The fourth-order valence-electron chi connectivity index (χ4n) is 2.68. The maximum atomic E-state index is 11.9. The highest BCUT2D eigenvalue weighted by Crippen LogP contribution is 2.29. The van der Waals surface area contributed by atoms with Crippen LogP contribution in [0.1, 0.15) is 19.8 Å². The van der Waals surface area contributed by atoms with Crippen molar-refractivity contribution >= 4 is 21.5 Å². The van der Waals surface area contributed by atoms with E-state index < -0.39 is 9.84 Å². The van der Waals surface area contributed by atoms with Gasteiger partial charge in [0.2, 0.25) is 0 Å². The quantitative estimate of drug-likeness (QED) is 0.794. The Morgan fingerprint density at radius 1 is 1.38 bits per heavy atom. The Kier molecular flexibility index (Phi) is 4.88. The van der Waals surface area contributed by atoms with Crippen LogP contribution in [0.5, 0.6) is 0 Å². The molecule has 1 aromatic carbocycles. The molecule has 0 saturated carbocycles. The number of benzene rings is 1. The lowest BCUT2D eigenvalue weighted by atomic mass is 9.97. The van der Waals surface area contributed by atoms with Crippen LogP contribution in [0.15, 0.2) is 29.2 Å². The molecular weight excluding hydrogens is 290 g/mol. The first-order valence-corrected chi connectivity index (χ1v) is 9.03. The van der Waals surface area contributed by atoms with Crippen molar-refractivity contribution in [2.24, 2.45) is 5.92 Å². The molecule has 0 bridgehead atoms. The predicted octanol–water partition coefficient (Wildman–Crippen LogP) is 1.87. The Morgan fingerprint density at radius 2 is 2.10 bits per heavy atom. The fourth-order valence-corrected chi connectivity index (χ4v) is 3.58. The van der Waals surface area contributed by atoms with Crippen molar-refractivity contribution in [2.45, 2.75) is 24.7 Å². The Morgan fingerprint density at radius 3 is 2.76 bits per heavy atom. The van der Waals surface area contributed by atoms with Crippen LogP contribution in [0.2, 0.25) is 0 Å². The topological polar surface area (TPSA) is 63.7 Å². The molecule has 2 rings (SSSR count). The molecule has 1 atom stereocenters. The fraction of sp³-hybridized carbons (Fsp3) is 0.533. The summed E-state index contributed by atoms with van der Waals surface area (Å²) < 4.78 is 28.9. The zero-order chi connectivity index (χ0) is 15.5. The molecule has 21 heavy (non-hydrogen) atoms. The molecule has 0 aliphatic carbocycles. The maximum Gasteiger partial charge on any atom is 0.310 e. The van der Waals surface area contributed by atoms with Crippen LogP contribution in [0, 0.1) is 5.92 Å². The number of piperidine rings is 1. The molecule has 1 saturated heterocycles. The Hall–Kier alpha value is -1.56. The molecule has 1 aliphatic rings. The number of esters is 1. The van der Waals surface area contributed by atoms with Gasteiger partial charge in [0.15, 0.2) is 9.84 Å². The van der Waals surface area contributed by atoms with E-state index >= 15 is 0 Å². The van der Waals surface area contributed by atoms with Crippen molar-refractivity contribution < 1.29 is 17.9 Å². The second kappa shape index (κ2) is 6.47. The summed E-state index contributed by atoms with van der Waals surface area (Å²) in [6, 6.07) is 6.94. The molecule has 1 heterocycles. The number of rotatable bonds is 4. The number of ether oxygens (including phenoxy) is 1. The monoisotopic (exact) mass is 311 g/mol. The van der Waals surface area contributed by atoms with E-state index in [2.05, 4.69) is 0 Å². The molecule has 0 spiro atoms. The van der Waals surface area contributed by atoms with Gasteiger partial charge in [0.05, 0.1) is 23.1 Å². The van der Waals surface area contributed by atoms with Crippen LogP contribution < -0.4 is 4.90 Å². The largest absolute Gasteiger partial charge is 0.466 e. The molecule has 0 aromatic heterocycles. The standard InChI is InChI=1S/C15H21NO4S/c1-3-20-15(17)12-7-6-10-16(11-12)13-8-4-5-9-14(13)21(2,18)19/h4-5,8-9,12H,3,6-7,10-11H2,1-2H3. The van der Waals surface area contributed by atoms with Crippen LogP contribution >= 0.6 is 0 Å². The van der Waals surface area contributed by atoms with Crippen LogP contribution in [0.25, 0.3) is 0 Å². The van der Waals surface area contributed by atoms with Crippen molar-refractivity contribution in [3.05, 3.63) is 24.3 Å². The summed E-state index contributed by atoms with van der Waals surface area (Å²) in [4.78, 5) is 14.2. The smallest absolute Gasteiger partial charge is 0.310 e. The summed E-state index contributed by atoms with van der Waals surface area (Å²) in [5, 5.41) is 0. The molecule has 1 aromatic rings. The zero-order valence-electron chi connectivity index (χ0n) is 12.4. The van der Waals surface area contributed by atoms with Gasteiger partial charge in [-0.1, -0.05) is 12.1 Å². The highest BCUT2D eigenvalue weighted by atomic mass is 32.2. The molecule has 6 heteroatoms. The van der Waals surface area contributed by atoms with Gasteiger partial charge in [-0.2, -0.15) is 0 Å². The molecule has 0 radical (unpaired) electrons. The number of carbonyl (C=O) groups is 1. The SMILES string of the molecule is CCOC(=O)C1CCCN(c2ccccc2S(C)(=O)=O)C1. The average Bonchev–Trinajstić information content (AvgIpc) is 2.47. The van der Waals surface area contributed by atoms with E-state index in [4.69, 9.17) is 4.74 Å². The van der Waals surface area contributed by atoms with Crippen molar-refractivity contribution in [3.8, 4) is 0 Å². The third-order valence-electron chi connectivity index (χ3n) is 3.65. The third kappa shape index (κ3) is 3.75. The number of anilines is 1. The van der Waals surface area contributed by atoms with Gasteiger partial charge in [0.25, 0.3) is 0 Å². The number of carbonyl (C=O) groups excluding carboxylic acids is 1. The van der Waals surface area contributed by atoms with E-state index in [1.54, 1.807) is 25.1 Å². The Bertz CT molecular complexity index is 612. The Balaban J connectivity index is 2.25. The third-order valence-corrected chi connectivity index (χ3v) is 4.79. The number of sulfone groups is 1. The minimum atomic E-state index is -3.29. The molecule has 1 aliphatic heterocycles. The molecule has 0 N–H and O–H groups in total. The summed E-state index contributed by atoms with van der Waals surface area (Å²) in [6.45, 7) is 3.42. The van der Waals surface area contributed by atoms with Gasteiger partial charge < -0.3 is 9.64 Å². The molecule has 0 amide bonds. The highest BCUT2D eigenvalue weighted by molar-refractivity contribution is 7.90. The molecular formula is C15H21NO4S. The Labute approximate surface area is 125 Å². The number of hydrogen-bond acceptors (Lipinski definition) is 5. The van der Waals surface area contributed by atoms with Crippen LogP contribution in [-0.4, -0.2) is 40.3 Å². The highest BCUT2D eigenvalue weighted by Gasteiger charge is 2.29. The number of nitrogens with zero attached hydrogens (tertiary/aromatic N) is 1. The van der Waals surface area contributed by atoms with Gasteiger partial charge in [-0.05, 0) is 31.9 Å². The molecule has 5 nitrogen and oxygen atoms in total. The second-order valence-electron chi connectivity index (χ2n) is 5.28. The summed E-state index contributed by atoms with van der Waals surface area (Å²) in [7, 11) is -3.29. The van der Waals surface area contributed by atoms with Gasteiger partial charge in [-0.15, -0.1) is 0 Å². The lowest BCUT2D eigenvalue weighted by molar-refractivity contribution is -0.148. The maximum absolute atomic E-state index is 11.9. The van der Waals surface area contributed by atoms with Gasteiger partial charge in [-0.3, -0.25) is 4.79 Å². The molecule has 116 valence electrons. The van der Waals surface area contributed by atoms with Crippen molar-refractivity contribution in [1.82, 2.24) is 0 Å². The van der Waals surface area contributed by atoms with E-state index in [1.807, 2.05) is 11.0 Å². The predicted molar refractivity (Wildman–Crippen MR) is 81.1 cm³/mol. The van der Waals surface area contributed by atoms with Crippen molar-refractivity contribution in [3.63, 3.8) is 0 Å². The lowest BCUT2D eigenvalue weighted by Crippen LogP contribution is -2.40. The van der Waals surface area contributed by atoms with E-state index in [0.29, 0.717) is 23.7 Å². The minimum absolute atomic E-state index is 0.189.